The number of nitrogens with one attached hydrogen (secondary N) is 1. The van der Waals surface area contributed by atoms with Gasteiger partial charge in [-0.25, -0.2) is 4.39 Å². The third kappa shape index (κ3) is 1.76. The number of carbonyl (C=O) groups excluding carboxylic acids is 1. The van der Waals surface area contributed by atoms with E-state index in [1.807, 2.05) is 0 Å². The van der Waals surface area contributed by atoms with Crippen molar-refractivity contribution >= 4 is 17.9 Å². The molecule has 0 saturated heterocycles. The molecule has 0 aliphatic carbocycles. The quantitative estimate of drug-likeness (QED) is 0.798. The molecule has 0 radical (unpaired) electrons. The number of hydrogen-bond donors (Lipinski definition) is 1. The van der Waals surface area contributed by atoms with Crippen LogP contribution in [0.1, 0.15) is 10.4 Å². The zero-order valence-electron chi connectivity index (χ0n) is 7.50. The number of aromatic amines is 1. The monoisotopic (exact) mass is 224 g/mol. The van der Waals surface area contributed by atoms with E-state index < -0.39 is 5.82 Å². The van der Waals surface area contributed by atoms with Crippen molar-refractivity contribution in [2.75, 3.05) is 0 Å². The van der Waals surface area contributed by atoms with Crippen molar-refractivity contribution in [3.8, 4) is 11.3 Å². The fourth-order valence-electron chi connectivity index (χ4n) is 1.29. The SMILES string of the molecule is O=Cc1cn[nH]c1-c1ccc(F)cc1Cl. The second-order valence-electron chi connectivity index (χ2n) is 2.94. The van der Waals surface area contributed by atoms with E-state index in [0.717, 1.165) is 0 Å². The van der Waals surface area contributed by atoms with Gasteiger partial charge in [-0.1, -0.05) is 11.6 Å². The van der Waals surface area contributed by atoms with Gasteiger partial charge in [-0.3, -0.25) is 9.89 Å². The Morgan fingerprint density at radius 3 is 2.93 bits per heavy atom. The molecule has 0 aliphatic rings. The Morgan fingerprint density at radius 1 is 1.47 bits per heavy atom. The van der Waals surface area contributed by atoms with Gasteiger partial charge in [-0.05, 0) is 18.2 Å². The highest BCUT2D eigenvalue weighted by atomic mass is 35.5. The third-order valence-corrected chi connectivity index (χ3v) is 2.31. The summed E-state index contributed by atoms with van der Waals surface area (Å²) >= 11 is 5.85. The van der Waals surface area contributed by atoms with Crippen LogP contribution in [0, 0.1) is 5.82 Å². The van der Waals surface area contributed by atoms with Crippen LogP contribution in [-0.4, -0.2) is 16.5 Å². The molecule has 0 amide bonds. The Kier molecular flexibility index (Phi) is 2.51. The molecule has 1 aromatic carbocycles. The van der Waals surface area contributed by atoms with E-state index in [9.17, 15) is 9.18 Å². The first-order chi connectivity index (χ1) is 7.22. The van der Waals surface area contributed by atoms with Crippen LogP contribution in [0.5, 0.6) is 0 Å². The predicted molar refractivity (Wildman–Crippen MR) is 54.4 cm³/mol. The summed E-state index contributed by atoms with van der Waals surface area (Å²) in [5.41, 5.74) is 1.44. The molecule has 3 nitrogen and oxygen atoms in total. The standard InChI is InChI=1S/C10H6ClFN2O/c11-9-3-7(12)1-2-8(9)10-6(5-15)4-13-14-10/h1-5H,(H,13,14). The highest BCUT2D eigenvalue weighted by Crippen LogP contribution is 2.28. The summed E-state index contributed by atoms with van der Waals surface area (Å²) in [6.07, 6.45) is 2.06. The molecule has 0 aliphatic heterocycles. The lowest BCUT2D eigenvalue weighted by Crippen LogP contribution is -1.86. The van der Waals surface area contributed by atoms with Crippen molar-refractivity contribution in [3.63, 3.8) is 0 Å². The Balaban J connectivity index is 2.59. The average molecular weight is 225 g/mol. The lowest BCUT2D eigenvalue weighted by atomic mass is 10.1. The minimum atomic E-state index is -0.420. The van der Waals surface area contributed by atoms with Crippen LogP contribution in [0.2, 0.25) is 5.02 Å². The van der Waals surface area contributed by atoms with Gasteiger partial charge in [0.2, 0.25) is 0 Å². The Bertz CT molecular complexity index is 510. The molecule has 0 bridgehead atoms. The van der Waals surface area contributed by atoms with Crippen molar-refractivity contribution in [2.45, 2.75) is 0 Å². The highest BCUT2D eigenvalue weighted by molar-refractivity contribution is 6.33. The maximum Gasteiger partial charge on any atom is 0.153 e. The first-order valence-electron chi connectivity index (χ1n) is 4.16. The third-order valence-electron chi connectivity index (χ3n) is 2.00. The number of rotatable bonds is 2. The molecule has 0 atom stereocenters. The molecule has 1 N–H and O–H groups in total. The van der Waals surface area contributed by atoms with Crippen LogP contribution < -0.4 is 0 Å². The van der Waals surface area contributed by atoms with Crippen molar-refractivity contribution < 1.29 is 9.18 Å². The average Bonchev–Trinajstić information content (AvgIpc) is 2.65. The Morgan fingerprint density at radius 2 is 2.27 bits per heavy atom. The molecular formula is C10H6ClFN2O. The maximum absolute atomic E-state index is 12.8. The molecule has 2 aromatic rings. The molecule has 0 saturated carbocycles. The first-order valence-corrected chi connectivity index (χ1v) is 4.54. The van der Waals surface area contributed by atoms with Crippen molar-refractivity contribution in [1.82, 2.24) is 10.2 Å². The summed E-state index contributed by atoms with van der Waals surface area (Å²) < 4.78 is 12.8. The molecule has 2 rings (SSSR count). The molecule has 1 aromatic heterocycles. The molecule has 0 fully saturated rings. The predicted octanol–water partition coefficient (Wildman–Crippen LogP) is 2.68. The summed E-state index contributed by atoms with van der Waals surface area (Å²) in [6.45, 7) is 0. The van der Waals surface area contributed by atoms with Crippen molar-refractivity contribution in [1.29, 1.82) is 0 Å². The first kappa shape index (κ1) is 9.86. The lowest BCUT2D eigenvalue weighted by Gasteiger charge is -2.01. The van der Waals surface area contributed by atoms with Crippen LogP contribution in [0.25, 0.3) is 11.3 Å². The summed E-state index contributed by atoms with van der Waals surface area (Å²) in [5, 5.41) is 6.61. The van der Waals surface area contributed by atoms with Gasteiger partial charge in [0.05, 0.1) is 22.5 Å². The number of H-pyrrole nitrogens is 1. The fourth-order valence-corrected chi connectivity index (χ4v) is 1.55. The number of benzene rings is 1. The van der Waals surface area contributed by atoms with Gasteiger partial charge in [0.15, 0.2) is 6.29 Å². The normalized spacial score (nSPS) is 10.3. The highest BCUT2D eigenvalue weighted by Gasteiger charge is 2.10. The fraction of sp³-hybridized carbons (Fsp3) is 0. The van der Waals surface area contributed by atoms with Gasteiger partial charge in [-0.15, -0.1) is 0 Å². The maximum atomic E-state index is 12.8. The number of halogens is 2. The van der Waals surface area contributed by atoms with Gasteiger partial charge in [0, 0.05) is 5.56 Å². The minimum absolute atomic E-state index is 0.238. The van der Waals surface area contributed by atoms with Crippen LogP contribution in [0.15, 0.2) is 24.4 Å². The summed E-state index contributed by atoms with van der Waals surface area (Å²) in [6, 6.07) is 3.96. The molecular weight excluding hydrogens is 219 g/mol. The van der Waals surface area contributed by atoms with Gasteiger partial charge < -0.3 is 0 Å². The van der Waals surface area contributed by atoms with Crippen LogP contribution in [-0.2, 0) is 0 Å². The van der Waals surface area contributed by atoms with E-state index in [-0.39, 0.29) is 5.02 Å². The number of aromatic nitrogens is 2. The zero-order chi connectivity index (χ0) is 10.8. The van der Waals surface area contributed by atoms with Gasteiger partial charge in [0.1, 0.15) is 5.82 Å². The Hall–Kier alpha value is -1.68. The molecule has 15 heavy (non-hydrogen) atoms. The van der Waals surface area contributed by atoms with Gasteiger partial charge in [0.25, 0.3) is 0 Å². The van der Waals surface area contributed by atoms with E-state index in [1.165, 1.54) is 24.4 Å². The van der Waals surface area contributed by atoms with Crippen molar-refractivity contribution in [3.05, 3.63) is 40.8 Å². The van der Waals surface area contributed by atoms with E-state index in [1.54, 1.807) is 0 Å². The summed E-state index contributed by atoms with van der Waals surface area (Å²) in [7, 11) is 0. The van der Waals surface area contributed by atoms with Crippen LogP contribution >= 0.6 is 11.6 Å². The minimum Gasteiger partial charge on any atom is -0.298 e. The van der Waals surface area contributed by atoms with Crippen LogP contribution in [0.3, 0.4) is 0 Å². The van der Waals surface area contributed by atoms with Crippen LogP contribution in [0.4, 0.5) is 4.39 Å². The smallest absolute Gasteiger partial charge is 0.153 e. The van der Waals surface area contributed by atoms with E-state index in [0.29, 0.717) is 23.1 Å². The molecule has 0 unspecified atom stereocenters. The van der Waals surface area contributed by atoms with E-state index in [4.69, 9.17) is 11.6 Å². The number of hydrogen-bond acceptors (Lipinski definition) is 2. The summed E-state index contributed by atoms with van der Waals surface area (Å²) in [4.78, 5) is 10.7. The lowest BCUT2D eigenvalue weighted by molar-refractivity contribution is 0.112. The van der Waals surface area contributed by atoms with Gasteiger partial charge in [-0.2, -0.15) is 5.10 Å². The van der Waals surface area contributed by atoms with E-state index >= 15 is 0 Å². The molecule has 1 heterocycles. The largest absolute Gasteiger partial charge is 0.298 e. The molecule has 5 heteroatoms. The number of carbonyl (C=O) groups is 1. The van der Waals surface area contributed by atoms with Gasteiger partial charge >= 0.3 is 0 Å². The van der Waals surface area contributed by atoms with E-state index in [2.05, 4.69) is 10.2 Å². The number of nitrogens with zero attached hydrogens (tertiary/aromatic N) is 1. The zero-order valence-corrected chi connectivity index (χ0v) is 8.25. The second kappa shape index (κ2) is 3.82. The molecule has 0 spiro atoms. The second-order valence-corrected chi connectivity index (χ2v) is 3.35. The molecule has 76 valence electrons. The summed E-state index contributed by atoms with van der Waals surface area (Å²) in [5.74, 6) is -0.420. The number of aldehydes is 1. The Labute approximate surface area is 89.9 Å². The topological polar surface area (TPSA) is 45.8 Å². The van der Waals surface area contributed by atoms with Crippen molar-refractivity contribution in [2.24, 2.45) is 0 Å².